The second-order valence-electron chi connectivity index (χ2n) is 4.15. The Morgan fingerprint density at radius 3 is 2.05 bits per heavy atom. The van der Waals surface area contributed by atoms with Gasteiger partial charge in [-0.05, 0) is 30.3 Å². The van der Waals surface area contributed by atoms with E-state index in [-0.39, 0.29) is 15.6 Å². The van der Waals surface area contributed by atoms with E-state index in [9.17, 15) is 8.42 Å². The lowest BCUT2D eigenvalue weighted by Crippen LogP contribution is -2.14. The van der Waals surface area contributed by atoms with Gasteiger partial charge in [-0.2, -0.15) is 0 Å². The van der Waals surface area contributed by atoms with Gasteiger partial charge in [-0.3, -0.25) is 4.72 Å². The highest BCUT2D eigenvalue weighted by molar-refractivity contribution is 7.92. The number of nitrogens with one attached hydrogen (secondary N) is 1. The maximum atomic E-state index is 12.2. The molecule has 0 atom stereocenters. The van der Waals surface area contributed by atoms with E-state index in [2.05, 4.69) is 4.72 Å². The van der Waals surface area contributed by atoms with Crippen LogP contribution in [0.4, 0.5) is 5.69 Å². The molecule has 0 radical (unpaired) electrons. The van der Waals surface area contributed by atoms with Gasteiger partial charge in [-0.15, -0.1) is 0 Å². The normalized spacial score (nSPS) is 11.1. The Kier molecular flexibility index (Phi) is 4.73. The summed E-state index contributed by atoms with van der Waals surface area (Å²) in [6.45, 7) is 0. The van der Waals surface area contributed by atoms with Crippen LogP contribution in [0.1, 0.15) is 5.56 Å². The first-order valence-electron chi connectivity index (χ1n) is 5.67. The third kappa shape index (κ3) is 4.07. The SMILES string of the molecule is NC(=S)c1ccc(S(=O)(=O)Nc2cc(Cl)cc(Cl)c2)cc1. The van der Waals surface area contributed by atoms with Crippen molar-refractivity contribution in [2.75, 3.05) is 4.72 Å². The van der Waals surface area contributed by atoms with E-state index in [0.717, 1.165) is 0 Å². The molecular formula is C13H10Cl2N2O2S2. The zero-order valence-corrected chi connectivity index (χ0v) is 13.7. The number of rotatable bonds is 4. The molecule has 0 aromatic heterocycles. The van der Waals surface area contributed by atoms with Gasteiger partial charge in [0.05, 0.1) is 10.6 Å². The zero-order valence-electron chi connectivity index (χ0n) is 10.5. The number of sulfonamides is 1. The van der Waals surface area contributed by atoms with Gasteiger partial charge in [0.1, 0.15) is 4.99 Å². The van der Waals surface area contributed by atoms with Gasteiger partial charge in [0.15, 0.2) is 0 Å². The van der Waals surface area contributed by atoms with E-state index in [4.69, 9.17) is 41.2 Å². The van der Waals surface area contributed by atoms with Crippen molar-refractivity contribution in [3.8, 4) is 0 Å². The Morgan fingerprint density at radius 2 is 1.57 bits per heavy atom. The largest absolute Gasteiger partial charge is 0.389 e. The van der Waals surface area contributed by atoms with Crippen molar-refractivity contribution in [2.45, 2.75) is 4.90 Å². The lowest BCUT2D eigenvalue weighted by Gasteiger charge is -2.09. The third-order valence-electron chi connectivity index (χ3n) is 2.56. The summed E-state index contributed by atoms with van der Waals surface area (Å²) in [6, 6.07) is 10.4. The lowest BCUT2D eigenvalue weighted by atomic mass is 10.2. The molecule has 4 nitrogen and oxygen atoms in total. The molecule has 2 rings (SSSR count). The Balaban J connectivity index is 2.31. The standard InChI is InChI=1S/C13H10Cl2N2O2S2/c14-9-5-10(15)7-11(6-9)17-21(18,19)12-3-1-8(2-4-12)13(16)20/h1-7,17H,(H2,16,20). The summed E-state index contributed by atoms with van der Waals surface area (Å²) in [6.07, 6.45) is 0. The molecule has 2 aromatic carbocycles. The average molecular weight is 361 g/mol. The van der Waals surface area contributed by atoms with Crippen LogP contribution in [-0.4, -0.2) is 13.4 Å². The summed E-state index contributed by atoms with van der Waals surface area (Å²) in [4.78, 5) is 0.284. The number of benzene rings is 2. The second kappa shape index (κ2) is 6.19. The molecule has 0 heterocycles. The van der Waals surface area contributed by atoms with Gasteiger partial charge in [0, 0.05) is 15.6 Å². The summed E-state index contributed by atoms with van der Waals surface area (Å²) in [7, 11) is -3.74. The summed E-state index contributed by atoms with van der Waals surface area (Å²) in [5.41, 5.74) is 6.34. The van der Waals surface area contributed by atoms with Crippen molar-refractivity contribution < 1.29 is 8.42 Å². The van der Waals surface area contributed by atoms with Crippen LogP contribution in [0.3, 0.4) is 0 Å². The van der Waals surface area contributed by atoms with Crippen LogP contribution in [0.5, 0.6) is 0 Å². The minimum atomic E-state index is -3.74. The number of hydrogen-bond donors (Lipinski definition) is 2. The van der Waals surface area contributed by atoms with Gasteiger partial charge in [-0.25, -0.2) is 8.42 Å². The fraction of sp³-hybridized carbons (Fsp3) is 0. The first kappa shape index (κ1) is 16.0. The van der Waals surface area contributed by atoms with Gasteiger partial charge in [0.2, 0.25) is 0 Å². The third-order valence-corrected chi connectivity index (χ3v) is 4.63. The Morgan fingerprint density at radius 1 is 1.05 bits per heavy atom. The molecule has 3 N–H and O–H groups in total. The number of anilines is 1. The van der Waals surface area contributed by atoms with Crippen LogP contribution in [0.2, 0.25) is 10.0 Å². The molecule has 21 heavy (non-hydrogen) atoms. The van der Waals surface area contributed by atoms with Gasteiger partial charge in [0.25, 0.3) is 10.0 Å². The number of nitrogens with two attached hydrogens (primary N) is 1. The smallest absolute Gasteiger partial charge is 0.261 e. The maximum Gasteiger partial charge on any atom is 0.261 e. The second-order valence-corrected chi connectivity index (χ2v) is 7.15. The van der Waals surface area contributed by atoms with Gasteiger partial charge in [-0.1, -0.05) is 47.6 Å². The Bertz CT molecular complexity index is 770. The molecule has 0 unspecified atom stereocenters. The number of thiocarbonyl (C=S) groups is 1. The first-order valence-corrected chi connectivity index (χ1v) is 8.31. The van der Waals surface area contributed by atoms with Crippen molar-refractivity contribution in [1.82, 2.24) is 0 Å². The van der Waals surface area contributed by atoms with E-state index in [1.54, 1.807) is 12.1 Å². The summed E-state index contributed by atoms with van der Waals surface area (Å²) in [5.74, 6) is 0. The molecule has 0 aliphatic carbocycles. The molecule has 2 aromatic rings. The van der Waals surface area contributed by atoms with Gasteiger partial charge >= 0.3 is 0 Å². The molecular weight excluding hydrogens is 351 g/mol. The van der Waals surface area contributed by atoms with E-state index in [1.165, 1.54) is 30.3 Å². The Labute approximate surface area is 137 Å². The van der Waals surface area contributed by atoms with Crippen LogP contribution in [0.25, 0.3) is 0 Å². The monoisotopic (exact) mass is 360 g/mol. The quantitative estimate of drug-likeness (QED) is 0.819. The molecule has 0 saturated carbocycles. The van der Waals surface area contributed by atoms with Crippen LogP contribution in [0.15, 0.2) is 47.4 Å². The molecule has 8 heteroatoms. The summed E-state index contributed by atoms with van der Waals surface area (Å²) in [5, 5.41) is 0.674. The summed E-state index contributed by atoms with van der Waals surface area (Å²) >= 11 is 16.5. The van der Waals surface area contributed by atoms with Crippen molar-refractivity contribution in [3.63, 3.8) is 0 Å². The van der Waals surface area contributed by atoms with Gasteiger partial charge < -0.3 is 5.73 Å². The molecule has 0 spiro atoms. The fourth-order valence-electron chi connectivity index (χ4n) is 1.63. The van der Waals surface area contributed by atoms with Crippen molar-refractivity contribution in [3.05, 3.63) is 58.1 Å². The molecule has 0 fully saturated rings. The molecule has 0 amide bonds. The predicted molar refractivity (Wildman–Crippen MR) is 89.6 cm³/mol. The van der Waals surface area contributed by atoms with Crippen molar-refractivity contribution >= 4 is 56.1 Å². The zero-order chi connectivity index (χ0) is 15.6. The average Bonchev–Trinajstić information content (AvgIpc) is 2.37. The van der Waals surface area contributed by atoms with Crippen LogP contribution >= 0.6 is 35.4 Å². The molecule has 0 aliphatic heterocycles. The van der Waals surface area contributed by atoms with E-state index < -0.39 is 10.0 Å². The Hall–Kier alpha value is -1.34. The molecule has 0 saturated heterocycles. The van der Waals surface area contributed by atoms with Crippen LogP contribution < -0.4 is 10.5 Å². The first-order chi connectivity index (χ1) is 9.78. The maximum absolute atomic E-state index is 12.2. The summed E-state index contributed by atoms with van der Waals surface area (Å²) < 4.78 is 26.9. The van der Waals surface area contributed by atoms with Crippen molar-refractivity contribution in [2.24, 2.45) is 5.73 Å². The number of hydrogen-bond acceptors (Lipinski definition) is 3. The highest BCUT2D eigenvalue weighted by atomic mass is 35.5. The number of halogens is 2. The highest BCUT2D eigenvalue weighted by Crippen LogP contribution is 2.24. The minimum absolute atomic E-state index is 0.0820. The van der Waals surface area contributed by atoms with Crippen LogP contribution in [0, 0.1) is 0 Å². The van der Waals surface area contributed by atoms with Crippen LogP contribution in [-0.2, 0) is 10.0 Å². The molecule has 0 aliphatic rings. The van der Waals surface area contributed by atoms with E-state index in [0.29, 0.717) is 15.6 Å². The topological polar surface area (TPSA) is 72.2 Å². The lowest BCUT2D eigenvalue weighted by molar-refractivity contribution is 0.601. The molecule has 0 bridgehead atoms. The minimum Gasteiger partial charge on any atom is -0.389 e. The molecule has 110 valence electrons. The van der Waals surface area contributed by atoms with E-state index in [1.807, 2.05) is 0 Å². The fourth-order valence-corrected chi connectivity index (χ4v) is 3.33. The van der Waals surface area contributed by atoms with Crippen molar-refractivity contribution in [1.29, 1.82) is 0 Å². The van der Waals surface area contributed by atoms with E-state index >= 15 is 0 Å². The predicted octanol–water partition coefficient (Wildman–Crippen LogP) is 3.43. The highest BCUT2D eigenvalue weighted by Gasteiger charge is 2.15.